The molecule has 0 unspecified atom stereocenters. The SMILES string of the molecule is Cc1c(C)c(C)c2c(nnn2O)c1C. The van der Waals surface area contributed by atoms with Gasteiger partial charge in [0, 0.05) is 0 Å². The summed E-state index contributed by atoms with van der Waals surface area (Å²) in [6.07, 6.45) is 0. The molecule has 4 heteroatoms. The molecule has 0 bridgehead atoms. The van der Waals surface area contributed by atoms with Gasteiger partial charge >= 0.3 is 0 Å². The van der Waals surface area contributed by atoms with Crippen LogP contribution in [0.4, 0.5) is 0 Å². The molecule has 0 spiro atoms. The van der Waals surface area contributed by atoms with E-state index >= 15 is 0 Å². The van der Waals surface area contributed by atoms with Crippen molar-refractivity contribution in [2.75, 3.05) is 0 Å². The first-order valence-corrected chi connectivity index (χ1v) is 4.55. The fourth-order valence-electron chi connectivity index (χ4n) is 1.77. The molecule has 1 aromatic carbocycles. The van der Waals surface area contributed by atoms with Crippen LogP contribution in [0.5, 0.6) is 0 Å². The Hall–Kier alpha value is -1.58. The quantitative estimate of drug-likeness (QED) is 0.647. The molecule has 0 aliphatic carbocycles. The zero-order chi connectivity index (χ0) is 10.5. The number of rotatable bonds is 0. The Balaban J connectivity index is 3.05. The predicted octanol–water partition coefficient (Wildman–Crippen LogP) is 1.90. The first-order chi connectivity index (χ1) is 6.54. The van der Waals surface area contributed by atoms with Gasteiger partial charge in [0.15, 0.2) is 0 Å². The number of aromatic nitrogens is 3. The van der Waals surface area contributed by atoms with Crippen LogP contribution < -0.4 is 0 Å². The largest absolute Gasteiger partial charge is 0.410 e. The maximum Gasteiger partial charge on any atom is 0.134 e. The zero-order valence-electron chi connectivity index (χ0n) is 8.79. The van der Waals surface area contributed by atoms with Gasteiger partial charge < -0.3 is 5.21 Å². The molecule has 0 aliphatic heterocycles. The summed E-state index contributed by atoms with van der Waals surface area (Å²) < 4.78 is 0. The smallest absolute Gasteiger partial charge is 0.134 e. The van der Waals surface area contributed by atoms with E-state index in [1.807, 2.05) is 20.8 Å². The van der Waals surface area contributed by atoms with Crippen LogP contribution in [0.15, 0.2) is 0 Å². The maximum absolute atomic E-state index is 9.47. The van der Waals surface area contributed by atoms with Gasteiger partial charge in [0.1, 0.15) is 11.0 Å². The summed E-state index contributed by atoms with van der Waals surface area (Å²) in [5.74, 6) is 0. The van der Waals surface area contributed by atoms with Crippen molar-refractivity contribution >= 4 is 11.0 Å². The van der Waals surface area contributed by atoms with Crippen molar-refractivity contribution in [1.29, 1.82) is 0 Å². The first-order valence-electron chi connectivity index (χ1n) is 4.55. The maximum atomic E-state index is 9.47. The molecule has 2 rings (SSSR count). The lowest BCUT2D eigenvalue weighted by molar-refractivity contribution is 0.154. The molecule has 1 aromatic heterocycles. The highest BCUT2D eigenvalue weighted by molar-refractivity contribution is 5.83. The van der Waals surface area contributed by atoms with Crippen LogP contribution in [-0.2, 0) is 0 Å². The lowest BCUT2D eigenvalue weighted by Crippen LogP contribution is -1.98. The highest BCUT2D eigenvalue weighted by Crippen LogP contribution is 2.26. The molecule has 0 amide bonds. The van der Waals surface area contributed by atoms with Gasteiger partial charge in [-0.05, 0) is 55.2 Å². The summed E-state index contributed by atoms with van der Waals surface area (Å²) in [5.41, 5.74) is 6.03. The lowest BCUT2D eigenvalue weighted by atomic mass is 9.97. The fourth-order valence-corrected chi connectivity index (χ4v) is 1.77. The topological polar surface area (TPSA) is 50.9 Å². The number of nitrogens with zero attached hydrogens (tertiary/aromatic N) is 3. The van der Waals surface area contributed by atoms with E-state index in [9.17, 15) is 5.21 Å². The Kier molecular flexibility index (Phi) is 1.74. The molecule has 0 fully saturated rings. The van der Waals surface area contributed by atoms with E-state index in [0.29, 0.717) is 5.52 Å². The number of aryl methyl sites for hydroxylation is 2. The monoisotopic (exact) mass is 191 g/mol. The minimum Gasteiger partial charge on any atom is -0.410 e. The highest BCUT2D eigenvalue weighted by atomic mass is 16.5. The summed E-state index contributed by atoms with van der Waals surface area (Å²) in [4.78, 5) is 0.851. The van der Waals surface area contributed by atoms with E-state index in [-0.39, 0.29) is 0 Å². The number of fused-ring (bicyclic) bond motifs is 1. The van der Waals surface area contributed by atoms with Crippen molar-refractivity contribution in [2.24, 2.45) is 0 Å². The van der Waals surface area contributed by atoms with Crippen molar-refractivity contribution in [1.82, 2.24) is 15.2 Å². The molecule has 0 saturated carbocycles. The molecular weight excluding hydrogens is 178 g/mol. The molecule has 14 heavy (non-hydrogen) atoms. The number of hydrogen-bond acceptors (Lipinski definition) is 3. The van der Waals surface area contributed by atoms with Crippen LogP contribution in [0.2, 0.25) is 0 Å². The molecule has 1 heterocycles. The molecule has 74 valence electrons. The normalized spacial score (nSPS) is 11.1. The highest BCUT2D eigenvalue weighted by Gasteiger charge is 2.14. The van der Waals surface area contributed by atoms with Gasteiger partial charge in [0.05, 0.1) is 0 Å². The van der Waals surface area contributed by atoms with Crippen molar-refractivity contribution in [3.05, 3.63) is 22.3 Å². The summed E-state index contributed by atoms with van der Waals surface area (Å²) in [5, 5.41) is 17.0. The third-order valence-electron chi connectivity index (χ3n) is 3.05. The Morgan fingerprint density at radius 1 is 0.929 bits per heavy atom. The molecular formula is C10H13N3O. The summed E-state index contributed by atoms with van der Waals surface area (Å²) in [6.45, 7) is 8.08. The molecule has 1 N–H and O–H groups in total. The van der Waals surface area contributed by atoms with E-state index in [1.165, 1.54) is 11.1 Å². The zero-order valence-corrected chi connectivity index (χ0v) is 8.79. The first kappa shape index (κ1) is 8.99. The lowest BCUT2D eigenvalue weighted by Gasteiger charge is -2.09. The van der Waals surface area contributed by atoms with Crippen molar-refractivity contribution in [3.63, 3.8) is 0 Å². The van der Waals surface area contributed by atoms with Crippen LogP contribution in [0.1, 0.15) is 22.3 Å². The van der Waals surface area contributed by atoms with Crippen LogP contribution in [-0.4, -0.2) is 20.4 Å². The Bertz CT molecular complexity index is 514. The van der Waals surface area contributed by atoms with Gasteiger partial charge in [-0.2, -0.15) is 0 Å². The van der Waals surface area contributed by atoms with Crippen molar-refractivity contribution in [2.45, 2.75) is 27.7 Å². The minimum absolute atomic E-state index is 0.714. The predicted molar refractivity (Wildman–Crippen MR) is 53.7 cm³/mol. The summed E-state index contributed by atoms with van der Waals surface area (Å²) in [6, 6.07) is 0. The van der Waals surface area contributed by atoms with Crippen LogP contribution in [0.25, 0.3) is 11.0 Å². The van der Waals surface area contributed by atoms with Gasteiger partial charge in [-0.1, -0.05) is 4.85 Å². The molecule has 4 nitrogen and oxygen atoms in total. The fraction of sp³-hybridized carbons (Fsp3) is 0.400. The van der Waals surface area contributed by atoms with Crippen molar-refractivity contribution in [3.8, 4) is 0 Å². The standard InChI is InChI=1S/C10H13N3O/c1-5-6(2)8(4)10-9(7(5)3)11-12-13(10)14/h14H,1-4H3. The average Bonchev–Trinajstić information content (AvgIpc) is 2.54. The summed E-state index contributed by atoms with van der Waals surface area (Å²) in [7, 11) is 0. The molecule has 0 aliphatic rings. The third kappa shape index (κ3) is 0.937. The molecule has 0 atom stereocenters. The Morgan fingerprint density at radius 3 is 2.14 bits per heavy atom. The van der Waals surface area contributed by atoms with E-state index in [1.54, 1.807) is 0 Å². The summed E-state index contributed by atoms with van der Waals surface area (Å²) >= 11 is 0. The minimum atomic E-state index is 0.714. The van der Waals surface area contributed by atoms with Crippen molar-refractivity contribution < 1.29 is 5.21 Å². The Morgan fingerprint density at radius 2 is 1.50 bits per heavy atom. The number of benzene rings is 1. The van der Waals surface area contributed by atoms with E-state index in [4.69, 9.17) is 0 Å². The molecule has 0 saturated heterocycles. The van der Waals surface area contributed by atoms with Crippen LogP contribution >= 0.6 is 0 Å². The molecule has 0 radical (unpaired) electrons. The second kappa shape index (κ2) is 2.70. The van der Waals surface area contributed by atoms with Crippen LogP contribution in [0.3, 0.4) is 0 Å². The van der Waals surface area contributed by atoms with Gasteiger partial charge in [0.25, 0.3) is 0 Å². The van der Waals surface area contributed by atoms with E-state index in [2.05, 4.69) is 17.2 Å². The second-order valence-electron chi connectivity index (χ2n) is 3.68. The van der Waals surface area contributed by atoms with Gasteiger partial charge in [0.2, 0.25) is 0 Å². The van der Waals surface area contributed by atoms with Gasteiger partial charge in [-0.3, -0.25) is 0 Å². The third-order valence-corrected chi connectivity index (χ3v) is 3.05. The van der Waals surface area contributed by atoms with Gasteiger partial charge in [-0.25, -0.2) is 0 Å². The molecule has 2 aromatic rings. The average molecular weight is 191 g/mol. The second-order valence-corrected chi connectivity index (χ2v) is 3.68. The van der Waals surface area contributed by atoms with E-state index in [0.717, 1.165) is 21.5 Å². The van der Waals surface area contributed by atoms with Gasteiger partial charge in [-0.15, -0.1) is 5.10 Å². The Labute approximate surface area is 82.1 Å². The van der Waals surface area contributed by atoms with E-state index < -0.39 is 0 Å². The number of hydrogen-bond donors (Lipinski definition) is 1. The van der Waals surface area contributed by atoms with Crippen LogP contribution in [0, 0.1) is 27.7 Å².